The number of benzene rings is 8. The van der Waals surface area contributed by atoms with E-state index in [1.807, 2.05) is 0 Å². The van der Waals surface area contributed by atoms with Gasteiger partial charge in [0, 0.05) is 16.5 Å². The van der Waals surface area contributed by atoms with Gasteiger partial charge in [0.15, 0.2) is 0 Å². The molecule has 1 spiro atoms. The van der Waals surface area contributed by atoms with Gasteiger partial charge in [0.1, 0.15) is 11.5 Å². The monoisotopic (exact) mass is 636 g/mol. The quantitative estimate of drug-likeness (QED) is 0.183. The number of fused-ring (bicyclic) bond motifs is 13. The average molecular weight is 637 g/mol. The van der Waals surface area contributed by atoms with Gasteiger partial charge in [-0.25, -0.2) is 0 Å². The number of hydrogen-bond donors (Lipinski definition) is 0. The third-order valence-electron chi connectivity index (χ3n) is 11.8. The predicted molar refractivity (Wildman–Crippen MR) is 204 cm³/mol. The van der Waals surface area contributed by atoms with Crippen LogP contribution < -0.4 is 4.74 Å². The zero-order valence-corrected chi connectivity index (χ0v) is 27.7. The molecule has 2 aliphatic carbocycles. The number of ether oxygens (including phenoxy) is 1. The lowest BCUT2D eigenvalue weighted by atomic mass is 9.66. The normalized spacial score (nSPS) is 16.9. The summed E-state index contributed by atoms with van der Waals surface area (Å²) in [5, 5.41) is 2.55. The number of hydrogen-bond acceptors (Lipinski definition) is 1. The van der Waals surface area contributed by atoms with Crippen molar-refractivity contribution in [3.63, 3.8) is 0 Å². The van der Waals surface area contributed by atoms with Gasteiger partial charge in [-0.2, -0.15) is 0 Å². The second-order valence-electron chi connectivity index (χ2n) is 14.1. The van der Waals surface area contributed by atoms with Gasteiger partial charge < -0.3 is 4.74 Å². The maximum absolute atomic E-state index is 6.85. The second kappa shape index (κ2) is 9.94. The minimum Gasteiger partial charge on any atom is -0.457 e. The first kappa shape index (κ1) is 27.7. The Bertz CT molecular complexity index is 2660. The van der Waals surface area contributed by atoms with Gasteiger partial charge in [-0.15, -0.1) is 0 Å². The lowest BCUT2D eigenvalue weighted by Crippen LogP contribution is -2.32. The molecule has 1 aliphatic heterocycles. The van der Waals surface area contributed by atoms with E-state index in [2.05, 4.69) is 183 Å². The average Bonchev–Trinajstić information content (AvgIpc) is 3.61. The van der Waals surface area contributed by atoms with Crippen LogP contribution in [-0.2, 0) is 10.8 Å². The third kappa shape index (κ3) is 3.46. The van der Waals surface area contributed by atoms with Gasteiger partial charge in [0.05, 0.1) is 5.41 Å². The summed E-state index contributed by atoms with van der Waals surface area (Å²) < 4.78 is 6.85. The van der Waals surface area contributed by atoms with Crippen LogP contribution >= 0.6 is 0 Å². The second-order valence-corrected chi connectivity index (χ2v) is 14.1. The first-order valence-electron chi connectivity index (χ1n) is 17.5. The summed E-state index contributed by atoms with van der Waals surface area (Å²) in [5.74, 6) is 1.82. The molecule has 0 fully saturated rings. The molecule has 8 aromatic carbocycles. The van der Waals surface area contributed by atoms with E-state index < -0.39 is 5.41 Å². The van der Waals surface area contributed by atoms with Crippen LogP contribution in [0.2, 0.25) is 0 Å². The van der Waals surface area contributed by atoms with E-state index in [9.17, 15) is 0 Å². The Labute approximate surface area is 292 Å². The van der Waals surface area contributed by atoms with Crippen molar-refractivity contribution in [1.82, 2.24) is 0 Å². The van der Waals surface area contributed by atoms with Crippen molar-refractivity contribution in [2.24, 2.45) is 0 Å². The van der Waals surface area contributed by atoms with Crippen molar-refractivity contribution >= 4 is 10.8 Å². The summed E-state index contributed by atoms with van der Waals surface area (Å²) in [6, 6.07) is 64.9. The lowest BCUT2D eigenvalue weighted by molar-refractivity contribution is 0.436. The maximum Gasteiger partial charge on any atom is 0.132 e. The van der Waals surface area contributed by atoms with Gasteiger partial charge in [0.2, 0.25) is 0 Å². The highest BCUT2D eigenvalue weighted by molar-refractivity contribution is 5.95. The SMILES string of the molecule is CC1(c2ccccc2)c2cc(-c3ccc4c(c3)Oc3ccccc3C43c4ccccc4-c4ccccc43)ccc2-c2cc3ccccc3cc21. The Morgan fingerprint density at radius 3 is 1.66 bits per heavy atom. The minimum atomic E-state index is -0.455. The van der Waals surface area contributed by atoms with Crippen LogP contribution in [0.1, 0.15) is 45.9 Å². The van der Waals surface area contributed by atoms with Gasteiger partial charge in [0.25, 0.3) is 0 Å². The molecule has 50 heavy (non-hydrogen) atoms. The molecule has 11 rings (SSSR count). The highest BCUT2D eigenvalue weighted by atomic mass is 16.5. The van der Waals surface area contributed by atoms with Crippen molar-refractivity contribution in [1.29, 1.82) is 0 Å². The summed E-state index contributed by atoms with van der Waals surface area (Å²) in [4.78, 5) is 0. The molecule has 0 saturated heterocycles. The highest BCUT2D eigenvalue weighted by Gasteiger charge is 2.51. The lowest BCUT2D eigenvalue weighted by Gasteiger charge is -2.39. The zero-order valence-electron chi connectivity index (χ0n) is 27.7. The molecule has 0 radical (unpaired) electrons. The Kier molecular flexibility index (Phi) is 5.51. The fourth-order valence-electron chi connectivity index (χ4n) is 9.52. The van der Waals surface area contributed by atoms with Gasteiger partial charge in [-0.3, -0.25) is 0 Å². The van der Waals surface area contributed by atoms with E-state index in [1.165, 1.54) is 77.5 Å². The smallest absolute Gasteiger partial charge is 0.132 e. The first-order valence-corrected chi connectivity index (χ1v) is 17.5. The van der Waals surface area contributed by atoms with Gasteiger partial charge >= 0.3 is 0 Å². The molecule has 0 aromatic heterocycles. The van der Waals surface area contributed by atoms with Crippen LogP contribution in [0.4, 0.5) is 0 Å². The van der Waals surface area contributed by atoms with Crippen LogP contribution in [0.15, 0.2) is 176 Å². The minimum absolute atomic E-state index is 0.295. The topological polar surface area (TPSA) is 9.23 Å². The van der Waals surface area contributed by atoms with Crippen molar-refractivity contribution in [2.75, 3.05) is 0 Å². The molecule has 1 atom stereocenters. The van der Waals surface area contributed by atoms with E-state index in [1.54, 1.807) is 0 Å². The Morgan fingerprint density at radius 1 is 0.360 bits per heavy atom. The molecule has 0 amide bonds. The number of rotatable bonds is 2. The van der Waals surface area contributed by atoms with E-state index in [4.69, 9.17) is 4.74 Å². The predicted octanol–water partition coefficient (Wildman–Crippen LogP) is 12.3. The number of para-hydroxylation sites is 1. The molecule has 8 aromatic rings. The summed E-state index contributed by atoms with van der Waals surface area (Å²) in [5.41, 5.74) is 15.8. The summed E-state index contributed by atoms with van der Waals surface area (Å²) in [6.07, 6.45) is 0. The molecule has 3 aliphatic rings. The summed E-state index contributed by atoms with van der Waals surface area (Å²) in [7, 11) is 0. The van der Waals surface area contributed by atoms with Gasteiger partial charge in [-0.1, -0.05) is 146 Å². The van der Waals surface area contributed by atoms with E-state index in [0.717, 1.165) is 17.1 Å². The molecule has 0 bridgehead atoms. The van der Waals surface area contributed by atoms with Crippen LogP contribution in [-0.4, -0.2) is 0 Å². The van der Waals surface area contributed by atoms with Gasteiger partial charge in [-0.05, 0) is 109 Å². The molecule has 1 unspecified atom stereocenters. The third-order valence-corrected chi connectivity index (χ3v) is 11.8. The zero-order chi connectivity index (χ0) is 33.0. The largest absolute Gasteiger partial charge is 0.457 e. The fraction of sp³-hybridized carbons (Fsp3) is 0.0612. The summed E-state index contributed by atoms with van der Waals surface area (Å²) in [6.45, 7) is 2.40. The molecule has 1 nitrogen and oxygen atoms in total. The van der Waals surface area contributed by atoms with Crippen molar-refractivity contribution in [3.05, 3.63) is 215 Å². The van der Waals surface area contributed by atoms with E-state index in [-0.39, 0.29) is 5.41 Å². The molecule has 234 valence electrons. The first-order chi connectivity index (χ1) is 24.7. The van der Waals surface area contributed by atoms with Crippen molar-refractivity contribution < 1.29 is 4.74 Å². The summed E-state index contributed by atoms with van der Waals surface area (Å²) >= 11 is 0. The van der Waals surface area contributed by atoms with E-state index in [0.29, 0.717) is 0 Å². The fourth-order valence-corrected chi connectivity index (χ4v) is 9.52. The molecule has 1 heteroatoms. The molecular weight excluding hydrogens is 605 g/mol. The van der Waals surface area contributed by atoms with Crippen molar-refractivity contribution in [2.45, 2.75) is 17.8 Å². The highest BCUT2D eigenvalue weighted by Crippen LogP contribution is 2.62. The molecule has 1 heterocycles. The van der Waals surface area contributed by atoms with Crippen LogP contribution in [0.5, 0.6) is 11.5 Å². The Hall–Kier alpha value is -6.18. The standard InChI is InChI=1S/C49H32O/c1-48(35-15-3-2-4-16-35)44-29-33(23-25-38(44)39-27-31-13-5-6-14-32(31)28-45(39)48)34-24-26-43-47(30-34)50-46-22-12-11-21-42(46)49(43)40-19-9-7-17-36(40)37-18-8-10-20-41(37)49/h2-30H,1H3. The molecular formula is C49H32O. The van der Waals surface area contributed by atoms with Crippen LogP contribution in [0, 0.1) is 0 Å². The van der Waals surface area contributed by atoms with Crippen molar-refractivity contribution in [3.8, 4) is 44.9 Å². The Balaban J connectivity index is 1.12. The molecule has 0 N–H and O–H groups in total. The Morgan fingerprint density at radius 2 is 0.900 bits per heavy atom. The van der Waals surface area contributed by atoms with Crippen LogP contribution in [0.25, 0.3) is 44.2 Å². The molecule has 0 saturated carbocycles. The maximum atomic E-state index is 6.85. The van der Waals surface area contributed by atoms with Crippen LogP contribution in [0.3, 0.4) is 0 Å². The van der Waals surface area contributed by atoms with E-state index >= 15 is 0 Å².